The van der Waals surface area contributed by atoms with Crippen molar-refractivity contribution in [3.05, 3.63) is 30.3 Å². The maximum atomic E-state index is 11.4. The molecule has 81 valence electrons. The Morgan fingerprint density at radius 3 is 2.60 bits per heavy atom. The molecule has 1 atom stereocenters. The van der Waals surface area contributed by atoms with Gasteiger partial charge in [-0.25, -0.2) is 4.79 Å². The highest BCUT2D eigenvalue weighted by molar-refractivity contribution is 5.75. The standard InChI is InChI=1S/C12H15O3/c1-3-11(12(13)14-4-2)15-10-8-6-5-7-9-10/h6-9,11H,3-4H2,1-2H3. The van der Waals surface area contributed by atoms with Gasteiger partial charge >= 0.3 is 5.97 Å². The summed E-state index contributed by atoms with van der Waals surface area (Å²) in [6, 6.07) is 9.90. The molecular formula is C12H15O3. The minimum absolute atomic E-state index is 0.312. The van der Waals surface area contributed by atoms with Crippen molar-refractivity contribution in [1.82, 2.24) is 0 Å². The van der Waals surface area contributed by atoms with Crippen LogP contribution in [0.5, 0.6) is 5.75 Å². The summed E-state index contributed by atoms with van der Waals surface area (Å²) in [7, 11) is 0. The van der Waals surface area contributed by atoms with Crippen molar-refractivity contribution < 1.29 is 14.3 Å². The first-order valence-electron chi connectivity index (χ1n) is 5.07. The molecule has 1 radical (unpaired) electrons. The fraction of sp³-hybridized carbons (Fsp3) is 0.417. The number of benzene rings is 1. The van der Waals surface area contributed by atoms with Crippen molar-refractivity contribution in [3.8, 4) is 5.75 Å². The van der Waals surface area contributed by atoms with E-state index in [1.54, 1.807) is 31.2 Å². The molecule has 0 saturated heterocycles. The van der Waals surface area contributed by atoms with Gasteiger partial charge in [0.15, 0.2) is 6.10 Å². The van der Waals surface area contributed by atoms with Crippen LogP contribution in [-0.2, 0) is 9.53 Å². The van der Waals surface area contributed by atoms with E-state index in [2.05, 4.69) is 6.07 Å². The summed E-state index contributed by atoms with van der Waals surface area (Å²) in [5, 5.41) is 0. The van der Waals surface area contributed by atoms with Crippen LogP contribution >= 0.6 is 0 Å². The Morgan fingerprint density at radius 1 is 1.40 bits per heavy atom. The van der Waals surface area contributed by atoms with Crippen molar-refractivity contribution >= 4 is 5.97 Å². The van der Waals surface area contributed by atoms with Crippen LogP contribution in [0.15, 0.2) is 24.3 Å². The fourth-order valence-electron chi connectivity index (χ4n) is 1.15. The second kappa shape index (κ2) is 6.06. The molecule has 0 fully saturated rings. The van der Waals surface area contributed by atoms with E-state index in [0.717, 1.165) is 0 Å². The lowest BCUT2D eigenvalue weighted by molar-refractivity contribution is -0.151. The maximum Gasteiger partial charge on any atom is 0.347 e. The largest absolute Gasteiger partial charge is 0.479 e. The lowest BCUT2D eigenvalue weighted by atomic mass is 10.2. The lowest BCUT2D eigenvalue weighted by Crippen LogP contribution is -2.28. The molecule has 3 heteroatoms. The Kier molecular flexibility index (Phi) is 4.68. The third kappa shape index (κ3) is 3.62. The van der Waals surface area contributed by atoms with Crippen LogP contribution in [0.3, 0.4) is 0 Å². The van der Waals surface area contributed by atoms with Gasteiger partial charge in [0, 0.05) is 0 Å². The van der Waals surface area contributed by atoms with E-state index in [1.165, 1.54) is 0 Å². The van der Waals surface area contributed by atoms with Crippen molar-refractivity contribution in [1.29, 1.82) is 0 Å². The number of carbonyl (C=O) groups is 1. The minimum atomic E-state index is -0.521. The van der Waals surface area contributed by atoms with E-state index in [1.807, 2.05) is 6.92 Å². The van der Waals surface area contributed by atoms with Gasteiger partial charge in [0.2, 0.25) is 0 Å². The molecule has 0 aromatic heterocycles. The highest BCUT2D eigenvalue weighted by Crippen LogP contribution is 2.12. The topological polar surface area (TPSA) is 35.5 Å². The highest BCUT2D eigenvalue weighted by atomic mass is 16.6. The Morgan fingerprint density at radius 2 is 2.07 bits per heavy atom. The summed E-state index contributed by atoms with van der Waals surface area (Å²) in [6.07, 6.45) is 0.0737. The summed E-state index contributed by atoms with van der Waals surface area (Å²) >= 11 is 0. The molecule has 0 aliphatic heterocycles. The van der Waals surface area contributed by atoms with Crippen LogP contribution in [0.1, 0.15) is 20.3 Å². The SMILES string of the molecule is CCOC(=O)C(CC)Oc1cc[c]cc1. The number of carbonyl (C=O) groups excluding carboxylic acids is 1. The number of esters is 1. The summed E-state index contributed by atoms with van der Waals surface area (Å²) in [4.78, 5) is 11.4. The van der Waals surface area contributed by atoms with Gasteiger partial charge in [0.05, 0.1) is 6.61 Å². The zero-order valence-corrected chi connectivity index (χ0v) is 9.03. The average Bonchev–Trinajstić information content (AvgIpc) is 2.27. The first-order valence-corrected chi connectivity index (χ1v) is 5.07. The van der Waals surface area contributed by atoms with Crippen LogP contribution in [-0.4, -0.2) is 18.7 Å². The molecular weight excluding hydrogens is 192 g/mol. The monoisotopic (exact) mass is 207 g/mol. The van der Waals surface area contributed by atoms with Gasteiger partial charge in [0.25, 0.3) is 0 Å². The van der Waals surface area contributed by atoms with E-state index in [4.69, 9.17) is 9.47 Å². The molecule has 0 N–H and O–H groups in total. The second-order valence-electron chi connectivity index (χ2n) is 3.00. The molecule has 0 aliphatic carbocycles. The van der Waals surface area contributed by atoms with E-state index in [0.29, 0.717) is 18.8 Å². The molecule has 0 spiro atoms. The van der Waals surface area contributed by atoms with Crippen molar-refractivity contribution in [2.45, 2.75) is 26.4 Å². The molecule has 1 unspecified atom stereocenters. The van der Waals surface area contributed by atoms with Crippen molar-refractivity contribution in [2.24, 2.45) is 0 Å². The quantitative estimate of drug-likeness (QED) is 0.694. The Hall–Kier alpha value is -1.51. The van der Waals surface area contributed by atoms with E-state index in [-0.39, 0.29) is 5.97 Å². The molecule has 15 heavy (non-hydrogen) atoms. The average molecular weight is 207 g/mol. The summed E-state index contributed by atoms with van der Waals surface area (Å²) < 4.78 is 10.4. The first-order chi connectivity index (χ1) is 7.27. The van der Waals surface area contributed by atoms with E-state index in [9.17, 15) is 4.79 Å². The number of ether oxygens (including phenoxy) is 2. The molecule has 0 amide bonds. The van der Waals surface area contributed by atoms with Gasteiger partial charge in [0.1, 0.15) is 5.75 Å². The van der Waals surface area contributed by atoms with Gasteiger partial charge in [-0.1, -0.05) is 19.1 Å². The lowest BCUT2D eigenvalue weighted by Gasteiger charge is -2.15. The van der Waals surface area contributed by atoms with E-state index < -0.39 is 6.10 Å². The molecule has 0 aliphatic rings. The normalized spacial score (nSPS) is 11.9. The molecule has 3 nitrogen and oxygen atoms in total. The molecule has 1 rings (SSSR count). The van der Waals surface area contributed by atoms with Crippen LogP contribution < -0.4 is 4.74 Å². The van der Waals surface area contributed by atoms with Gasteiger partial charge in [-0.15, -0.1) is 0 Å². The van der Waals surface area contributed by atoms with Gasteiger partial charge in [-0.05, 0) is 31.5 Å². The first kappa shape index (κ1) is 11.6. The predicted octanol–water partition coefficient (Wildman–Crippen LogP) is 2.21. The number of hydrogen-bond donors (Lipinski definition) is 0. The van der Waals surface area contributed by atoms with Crippen LogP contribution in [0.25, 0.3) is 0 Å². The molecule has 0 heterocycles. The van der Waals surface area contributed by atoms with Gasteiger partial charge in [-0.2, -0.15) is 0 Å². The third-order valence-corrected chi connectivity index (χ3v) is 1.89. The summed E-state index contributed by atoms with van der Waals surface area (Å²) in [5.41, 5.74) is 0. The predicted molar refractivity (Wildman–Crippen MR) is 56.6 cm³/mol. The van der Waals surface area contributed by atoms with Crippen LogP contribution in [0, 0.1) is 6.07 Å². The van der Waals surface area contributed by atoms with Gasteiger partial charge in [-0.3, -0.25) is 0 Å². The fourth-order valence-corrected chi connectivity index (χ4v) is 1.15. The number of rotatable bonds is 5. The van der Waals surface area contributed by atoms with Crippen molar-refractivity contribution in [2.75, 3.05) is 6.61 Å². The molecule has 0 bridgehead atoms. The zero-order valence-electron chi connectivity index (χ0n) is 9.03. The van der Waals surface area contributed by atoms with Crippen LogP contribution in [0.2, 0.25) is 0 Å². The minimum Gasteiger partial charge on any atom is -0.479 e. The molecule has 0 saturated carbocycles. The maximum absolute atomic E-state index is 11.4. The third-order valence-electron chi connectivity index (χ3n) is 1.89. The molecule has 1 aromatic rings. The summed E-state index contributed by atoms with van der Waals surface area (Å²) in [5.74, 6) is 0.349. The Balaban J connectivity index is 2.58. The second-order valence-corrected chi connectivity index (χ2v) is 3.00. The Bertz CT molecular complexity index is 295. The number of hydrogen-bond acceptors (Lipinski definition) is 3. The van der Waals surface area contributed by atoms with Gasteiger partial charge < -0.3 is 9.47 Å². The van der Waals surface area contributed by atoms with E-state index >= 15 is 0 Å². The zero-order chi connectivity index (χ0) is 11.1. The Labute approximate surface area is 90.0 Å². The smallest absolute Gasteiger partial charge is 0.347 e. The summed E-state index contributed by atoms with van der Waals surface area (Å²) in [6.45, 7) is 4.04. The molecule has 1 aromatic carbocycles. The van der Waals surface area contributed by atoms with Crippen molar-refractivity contribution in [3.63, 3.8) is 0 Å². The van der Waals surface area contributed by atoms with Crippen LogP contribution in [0.4, 0.5) is 0 Å². The highest BCUT2D eigenvalue weighted by Gasteiger charge is 2.19.